The van der Waals surface area contributed by atoms with Crippen molar-refractivity contribution in [2.24, 2.45) is 0 Å². The van der Waals surface area contributed by atoms with Crippen molar-refractivity contribution in [2.45, 2.75) is 26.3 Å². The van der Waals surface area contributed by atoms with Crippen LogP contribution in [0.1, 0.15) is 35.7 Å². The second-order valence-electron chi connectivity index (χ2n) is 6.46. The number of hydrogen-bond acceptors (Lipinski definition) is 4. The van der Waals surface area contributed by atoms with Crippen molar-refractivity contribution in [3.63, 3.8) is 0 Å². The van der Waals surface area contributed by atoms with E-state index in [9.17, 15) is 4.79 Å². The molecule has 0 aliphatic rings. The lowest BCUT2D eigenvalue weighted by atomic mass is 10.0. The zero-order valence-corrected chi connectivity index (χ0v) is 15.4. The smallest absolute Gasteiger partial charge is 0.259 e. The number of amides is 1. The topological polar surface area (TPSA) is 76.4 Å². The van der Waals surface area contributed by atoms with E-state index >= 15 is 0 Å². The van der Waals surface area contributed by atoms with Gasteiger partial charge in [0, 0.05) is 6.20 Å². The predicted molar refractivity (Wildman–Crippen MR) is 104 cm³/mol. The Morgan fingerprint density at radius 3 is 2.59 bits per heavy atom. The van der Waals surface area contributed by atoms with Crippen molar-refractivity contribution >= 4 is 11.6 Å². The molecule has 0 radical (unpaired) electrons. The molecule has 0 atom stereocenters. The van der Waals surface area contributed by atoms with Crippen molar-refractivity contribution in [1.82, 2.24) is 9.78 Å². The third-order valence-corrected chi connectivity index (χ3v) is 4.11. The first-order valence-corrected chi connectivity index (χ1v) is 8.89. The normalized spacial score (nSPS) is 10.8. The molecule has 0 saturated heterocycles. The molecule has 1 aromatic heterocycles. The highest BCUT2D eigenvalue weighted by atomic mass is 16.5. The van der Waals surface area contributed by atoms with Crippen LogP contribution in [-0.4, -0.2) is 27.4 Å². The Labute approximate surface area is 158 Å². The van der Waals surface area contributed by atoms with E-state index in [1.807, 2.05) is 30.3 Å². The van der Waals surface area contributed by atoms with Crippen molar-refractivity contribution in [3.8, 4) is 11.5 Å². The summed E-state index contributed by atoms with van der Waals surface area (Å²) >= 11 is 0. The lowest BCUT2D eigenvalue weighted by molar-refractivity contribution is 0.102. The number of aliphatic hydroxyl groups is 1. The predicted octanol–water partition coefficient (Wildman–Crippen LogP) is 4.04. The Morgan fingerprint density at radius 2 is 1.85 bits per heavy atom. The average molecular weight is 365 g/mol. The van der Waals surface area contributed by atoms with Gasteiger partial charge >= 0.3 is 0 Å². The quantitative estimate of drug-likeness (QED) is 0.662. The fourth-order valence-corrected chi connectivity index (χ4v) is 2.76. The number of nitrogens with zero attached hydrogens (tertiary/aromatic N) is 2. The molecule has 0 fully saturated rings. The summed E-state index contributed by atoms with van der Waals surface area (Å²) in [6.07, 6.45) is 3.22. The molecule has 6 heteroatoms. The maximum atomic E-state index is 12.7. The lowest BCUT2D eigenvalue weighted by Gasteiger charge is -2.15. The van der Waals surface area contributed by atoms with Crippen molar-refractivity contribution in [3.05, 3.63) is 72.1 Å². The van der Waals surface area contributed by atoms with E-state index in [0.29, 0.717) is 29.5 Å². The zero-order chi connectivity index (χ0) is 19.2. The minimum Gasteiger partial charge on any atom is -0.456 e. The third kappa shape index (κ3) is 4.54. The van der Waals surface area contributed by atoms with E-state index in [1.165, 1.54) is 0 Å². The van der Waals surface area contributed by atoms with Gasteiger partial charge in [-0.3, -0.25) is 9.48 Å². The van der Waals surface area contributed by atoms with E-state index in [4.69, 9.17) is 9.84 Å². The maximum absolute atomic E-state index is 12.7. The number of nitrogens with one attached hydrogen (secondary N) is 1. The molecule has 1 amide bonds. The molecule has 1 heterocycles. The fraction of sp³-hybridized carbons (Fsp3) is 0.238. The molecule has 2 N–H and O–H groups in total. The number of aliphatic hydroxyl groups excluding tert-OH is 1. The minimum absolute atomic E-state index is 0.0129. The van der Waals surface area contributed by atoms with Gasteiger partial charge in [-0.1, -0.05) is 44.2 Å². The van der Waals surface area contributed by atoms with E-state index in [0.717, 1.165) is 11.3 Å². The van der Waals surface area contributed by atoms with Crippen molar-refractivity contribution in [2.75, 3.05) is 11.9 Å². The van der Waals surface area contributed by atoms with Crippen LogP contribution in [0.15, 0.2) is 60.9 Å². The summed E-state index contributed by atoms with van der Waals surface area (Å²) < 4.78 is 7.66. The van der Waals surface area contributed by atoms with Crippen LogP contribution < -0.4 is 10.1 Å². The van der Waals surface area contributed by atoms with Crippen molar-refractivity contribution < 1.29 is 14.6 Å². The van der Waals surface area contributed by atoms with Crippen LogP contribution in [0, 0.1) is 0 Å². The van der Waals surface area contributed by atoms with Gasteiger partial charge < -0.3 is 15.2 Å². The van der Waals surface area contributed by atoms with Gasteiger partial charge in [-0.15, -0.1) is 0 Å². The molecule has 0 aliphatic carbocycles. The van der Waals surface area contributed by atoms with E-state index in [1.54, 1.807) is 35.3 Å². The van der Waals surface area contributed by atoms with Gasteiger partial charge in [0.2, 0.25) is 0 Å². The highest BCUT2D eigenvalue weighted by Gasteiger charge is 2.15. The second-order valence-corrected chi connectivity index (χ2v) is 6.46. The highest BCUT2D eigenvalue weighted by Crippen LogP contribution is 2.32. The summed E-state index contributed by atoms with van der Waals surface area (Å²) in [7, 11) is 0. The molecule has 2 aromatic carbocycles. The van der Waals surface area contributed by atoms with Gasteiger partial charge in [-0.25, -0.2) is 0 Å². The standard InChI is InChI=1S/C21H23N3O3/c1-15(2)17-7-3-5-9-19(17)27-20-10-6-4-8-18(20)21(26)23-16-13-22-24(14-16)11-12-25/h3-10,13-15,25H,11-12H2,1-2H3,(H,23,26). The molecule has 6 nitrogen and oxygen atoms in total. The Hall–Kier alpha value is -3.12. The monoisotopic (exact) mass is 365 g/mol. The van der Waals surface area contributed by atoms with Crippen LogP contribution in [0.3, 0.4) is 0 Å². The van der Waals surface area contributed by atoms with Gasteiger partial charge in [0.25, 0.3) is 5.91 Å². The first-order chi connectivity index (χ1) is 13.1. The molecule has 3 aromatic rings. The number of anilines is 1. The third-order valence-electron chi connectivity index (χ3n) is 4.11. The summed E-state index contributed by atoms with van der Waals surface area (Å²) in [4.78, 5) is 12.7. The fourth-order valence-electron chi connectivity index (χ4n) is 2.76. The Morgan fingerprint density at radius 1 is 1.15 bits per heavy atom. The second kappa shape index (κ2) is 8.51. The van der Waals surface area contributed by atoms with Crippen LogP contribution >= 0.6 is 0 Å². The summed E-state index contributed by atoms with van der Waals surface area (Å²) in [5.74, 6) is 1.25. The highest BCUT2D eigenvalue weighted by molar-refractivity contribution is 6.06. The number of benzene rings is 2. The molecule has 27 heavy (non-hydrogen) atoms. The number of carbonyl (C=O) groups is 1. The van der Waals surface area contributed by atoms with Gasteiger partial charge in [0.05, 0.1) is 30.6 Å². The summed E-state index contributed by atoms with van der Waals surface area (Å²) in [6, 6.07) is 15.0. The Balaban J connectivity index is 1.82. The lowest BCUT2D eigenvalue weighted by Crippen LogP contribution is -2.12. The minimum atomic E-state index is -0.281. The van der Waals surface area contributed by atoms with Gasteiger partial charge in [0.1, 0.15) is 11.5 Å². The SMILES string of the molecule is CC(C)c1ccccc1Oc1ccccc1C(=O)Nc1cnn(CCO)c1. The molecule has 3 rings (SSSR count). The molecular formula is C21H23N3O3. The first kappa shape index (κ1) is 18.7. The van der Waals surface area contributed by atoms with Gasteiger partial charge in [-0.2, -0.15) is 5.10 Å². The number of rotatable bonds is 7. The van der Waals surface area contributed by atoms with Gasteiger partial charge in [0.15, 0.2) is 0 Å². The van der Waals surface area contributed by atoms with E-state index < -0.39 is 0 Å². The van der Waals surface area contributed by atoms with E-state index in [2.05, 4.69) is 24.3 Å². The van der Waals surface area contributed by atoms with Crippen LogP contribution in [0.2, 0.25) is 0 Å². The number of hydrogen-bond donors (Lipinski definition) is 2. The first-order valence-electron chi connectivity index (χ1n) is 8.89. The number of carbonyl (C=O) groups excluding carboxylic acids is 1. The van der Waals surface area contributed by atoms with Crippen LogP contribution in [0.4, 0.5) is 5.69 Å². The molecule has 0 saturated carbocycles. The average Bonchev–Trinajstić information content (AvgIpc) is 3.09. The summed E-state index contributed by atoms with van der Waals surface area (Å²) in [6.45, 7) is 4.57. The number of para-hydroxylation sites is 2. The molecule has 0 unspecified atom stereocenters. The summed E-state index contributed by atoms with van der Waals surface area (Å²) in [5.41, 5.74) is 2.08. The molecule has 0 aliphatic heterocycles. The Kier molecular flexibility index (Phi) is 5.88. The molecule has 0 spiro atoms. The number of ether oxygens (including phenoxy) is 1. The maximum Gasteiger partial charge on any atom is 0.259 e. The molecule has 140 valence electrons. The molecular weight excluding hydrogens is 342 g/mol. The summed E-state index contributed by atoms with van der Waals surface area (Å²) in [5, 5.41) is 15.9. The van der Waals surface area contributed by atoms with Crippen LogP contribution in [0.25, 0.3) is 0 Å². The van der Waals surface area contributed by atoms with Gasteiger partial charge in [-0.05, 0) is 29.7 Å². The van der Waals surface area contributed by atoms with Crippen molar-refractivity contribution in [1.29, 1.82) is 0 Å². The largest absolute Gasteiger partial charge is 0.456 e. The Bertz CT molecular complexity index is 918. The zero-order valence-electron chi connectivity index (χ0n) is 15.4. The van der Waals surface area contributed by atoms with E-state index in [-0.39, 0.29) is 12.5 Å². The molecule has 0 bridgehead atoms. The van der Waals surface area contributed by atoms with Crippen LogP contribution in [-0.2, 0) is 6.54 Å². The number of aromatic nitrogens is 2. The van der Waals surface area contributed by atoms with Crippen LogP contribution in [0.5, 0.6) is 11.5 Å².